The molecule has 1 unspecified atom stereocenters. The molecule has 36 heavy (non-hydrogen) atoms. The molecule has 9 heteroatoms. The summed E-state index contributed by atoms with van der Waals surface area (Å²) in [5.74, 6) is 1.98. The van der Waals surface area contributed by atoms with E-state index in [0.29, 0.717) is 29.9 Å². The third kappa shape index (κ3) is 6.31. The van der Waals surface area contributed by atoms with Gasteiger partial charge in [-0.25, -0.2) is 9.48 Å². The Labute approximate surface area is 224 Å². The number of halogens is 1. The number of anilines is 1. The van der Waals surface area contributed by atoms with Crippen LogP contribution in [0.1, 0.15) is 57.2 Å². The lowest BCUT2D eigenvalue weighted by Gasteiger charge is -2.28. The number of nitrogens with one attached hydrogen (secondary N) is 1. The quantitative estimate of drug-likeness (QED) is 0.155. The van der Waals surface area contributed by atoms with Gasteiger partial charge < -0.3 is 14.8 Å². The molecule has 1 atom stereocenters. The van der Waals surface area contributed by atoms with Crippen LogP contribution >= 0.6 is 27.7 Å². The van der Waals surface area contributed by atoms with Gasteiger partial charge in [0.2, 0.25) is 11.1 Å². The number of thioether (sulfide) groups is 1. The van der Waals surface area contributed by atoms with Crippen LogP contribution < -0.4 is 10.1 Å². The maximum Gasteiger partial charge on any atom is 0.338 e. The molecule has 0 bridgehead atoms. The Balaban J connectivity index is 1.60. The third-order valence-electron chi connectivity index (χ3n) is 5.71. The van der Waals surface area contributed by atoms with E-state index in [2.05, 4.69) is 33.2 Å². The van der Waals surface area contributed by atoms with E-state index in [1.54, 1.807) is 16.4 Å². The molecule has 0 saturated heterocycles. The number of hydrogen-bond acceptors (Lipinski definition) is 7. The van der Waals surface area contributed by atoms with Gasteiger partial charge in [-0.1, -0.05) is 72.2 Å². The normalized spacial score (nSPS) is 14.8. The van der Waals surface area contributed by atoms with Gasteiger partial charge in [0.1, 0.15) is 18.4 Å². The van der Waals surface area contributed by atoms with Crippen molar-refractivity contribution in [3.05, 3.63) is 75.4 Å². The molecule has 0 amide bonds. The predicted molar refractivity (Wildman–Crippen MR) is 146 cm³/mol. The minimum absolute atomic E-state index is 0.344. The number of benzene rings is 2. The lowest BCUT2D eigenvalue weighted by Crippen LogP contribution is -2.29. The van der Waals surface area contributed by atoms with E-state index in [4.69, 9.17) is 14.6 Å². The summed E-state index contributed by atoms with van der Waals surface area (Å²) in [5, 5.41) is 8.72. The summed E-state index contributed by atoms with van der Waals surface area (Å²) >= 11 is 5.12. The fourth-order valence-electron chi connectivity index (χ4n) is 3.89. The number of carbonyl (C=O) groups is 1. The number of nitrogens with zero attached hydrogens (tertiary/aromatic N) is 3. The van der Waals surface area contributed by atoms with Gasteiger partial charge in [-0.2, -0.15) is 4.98 Å². The third-order valence-corrected chi connectivity index (χ3v) is 7.13. The lowest BCUT2D eigenvalue weighted by molar-refractivity contribution is -0.139. The Bertz CT molecular complexity index is 1230. The van der Waals surface area contributed by atoms with Crippen LogP contribution in [0.15, 0.2) is 69.4 Å². The Kier molecular flexibility index (Phi) is 9.09. The Morgan fingerprint density at radius 1 is 1.17 bits per heavy atom. The molecule has 1 aliphatic rings. The topological polar surface area (TPSA) is 78.3 Å². The zero-order chi connectivity index (χ0) is 25.5. The molecule has 1 aromatic heterocycles. The molecule has 0 aliphatic carbocycles. The molecule has 190 valence electrons. The average Bonchev–Trinajstić information content (AvgIpc) is 3.28. The van der Waals surface area contributed by atoms with Crippen LogP contribution in [0.25, 0.3) is 0 Å². The Morgan fingerprint density at radius 2 is 1.97 bits per heavy atom. The van der Waals surface area contributed by atoms with Crippen molar-refractivity contribution >= 4 is 39.6 Å². The highest BCUT2D eigenvalue weighted by Gasteiger charge is 2.35. The van der Waals surface area contributed by atoms with Crippen LogP contribution in [-0.4, -0.2) is 33.1 Å². The van der Waals surface area contributed by atoms with Crippen LogP contribution in [0.3, 0.4) is 0 Å². The predicted octanol–water partition coefficient (Wildman–Crippen LogP) is 6.75. The zero-order valence-corrected chi connectivity index (χ0v) is 23.2. The molecule has 0 radical (unpaired) electrons. The number of ether oxygens (including phenoxy) is 2. The summed E-state index contributed by atoms with van der Waals surface area (Å²) in [7, 11) is 0. The second-order valence-corrected chi connectivity index (χ2v) is 10.5. The van der Waals surface area contributed by atoms with Gasteiger partial charge in [0.05, 0.1) is 12.2 Å². The van der Waals surface area contributed by atoms with E-state index < -0.39 is 6.04 Å². The number of rotatable bonds is 11. The van der Waals surface area contributed by atoms with E-state index >= 15 is 0 Å². The van der Waals surface area contributed by atoms with Crippen molar-refractivity contribution in [2.75, 3.05) is 17.7 Å². The van der Waals surface area contributed by atoms with E-state index in [1.165, 1.54) is 0 Å². The van der Waals surface area contributed by atoms with Crippen molar-refractivity contribution in [2.24, 2.45) is 0 Å². The van der Waals surface area contributed by atoms with Gasteiger partial charge in [0, 0.05) is 15.9 Å². The molecular weight excluding hydrogens is 540 g/mol. The van der Waals surface area contributed by atoms with Crippen molar-refractivity contribution in [3.63, 3.8) is 0 Å². The highest BCUT2D eigenvalue weighted by molar-refractivity contribution is 9.10. The summed E-state index contributed by atoms with van der Waals surface area (Å²) in [4.78, 5) is 17.8. The molecular formula is C27H31BrN4O3S. The van der Waals surface area contributed by atoms with Gasteiger partial charge in [-0.05, 0) is 55.2 Å². The van der Waals surface area contributed by atoms with Crippen LogP contribution in [0, 0.1) is 0 Å². The molecule has 3 aromatic rings. The fraction of sp³-hybridized carbons (Fsp3) is 0.370. The molecule has 0 saturated carbocycles. The molecule has 4 rings (SSSR count). The number of aromatic nitrogens is 3. The number of allylic oxidation sites excluding steroid dienone is 1. The van der Waals surface area contributed by atoms with Crippen molar-refractivity contribution in [1.29, 1.82) is 0 Å². The summed E-state index contributed by atoms with van der Waals surface area (Å²) in [5.41, 5.74) is 3.24. The number of hydrogen-bond donors (Lipinski definition) is 1. The van der Waals surface area contributed by atoms with Crippen molar-refractivity contribution in [1.82, 2.24) is 14.8 Å². The van der Waals surface area contributed by atoms with Gasteiger partial charge >= 0.3 is 5.97 Å². The van der Waals surface area contributed by atoms with E-state index in [0.717, 1.165) is 52.1 Å². The van der Waals surface area contributed by atoms with Crippen LogP contribution in [0.5, 0.6) is 5.75 Å². The van der Waals surface area contributed by atoms with Gasteiger partial charge in [-0.3, -0.25) is 0 Å². The van der Waals surface area contributed by atoms with Crippen LogP contribution in [0.2, 0.25) is 0 Å². The SMILES string of the molecule is CCCCSc1nc2n(n1)C(c1ccc(OCc3cccc(Br)c3)cc1)C(C(=O)OCCC)=C(C)N2. The average molecular weight is 572 g/mol. The standard InChI is InChI=1S/C27H31BrN4O3S/c1-4-6-15-36-27-30-26-29-18(3)23(25(33)34-14-5-2)24(32(26)31-27)20-10-12-22(13-11-20)35-17-19-8-7-9-21(28)16-19/h7-13,16,24H,4-6,14-15,17H2,1-3H3,(H,29,30,31). The van der Waals surface area contributed by atoms with Gasteiger partial charge in [0.25, 0.3) is 0 Å². The van der Waals surface area contributed by atoms with Crippen LogP contribution in [-0.2, 0) is 16.1 Å². The Hall–Kier alpha value is -2.78. The summed E-state index contributed by atoms with van der Waals surface area (Å²) < 4.78 is 14.3. The van der Waals surface area contributed by atoms with Crippen molar-refractivity contribution in [2.45, 2.75) is 57.8 Å². The highest BCUT2D eigenvalue weighted by atomic mass is 79.9. The monoisotopic (exact) mass is 570 g/mol. The second-order valence-electron chi connectivity index (χ2n) is 8.55. The number of unbranched alkanes of at least 4 members (excludes halogenated alkanes) is 1. The number of carbonyl (C=O) groups excluding carboxylic acids is 1. The minimum Gasteiger partial charge on any atom is -0.489 e. The smallest absolute Gasteiger partial charge is 0.338 e. The van der Waals surface area contributed by atoms with E-state index in [1.807, 2.05) is 62.4 Å². The highest BCUT2D eigenvalue weighted by Crippen LogP contribution is 2.37. The first-order valence-electron chi connectivity index (χ1n) is 12.2. The first-order valence-corrected chi connectivity index (χ1v) is 14.0. The lowest BCUT2D eigenvalue weighted by atomic mass is 9.96. The van der Waals surface area contributed by atoms with Crippen molar-refractivity contribution < 1.29 is 14.3 Å². The fourth-order valence-corrected chi connectivity index (χ4v) is 5.24. The molecule has 1 N–H and O–H groups in total. The first kappa shape index (κ1) is 26.3. The Morgan fingerprint density at radius 3 is 2.69 bits per heavy atom. The minimum atomic E-state index is -0.447. The molecule has 2 aromatic carbocycles. The zero-order valence-electron chi connectivity index (χ0n) is 20.8. The molecule has 1 aliphatic heterocycles. The number of esters is 1. The molecule has 2 heterocycles. The summed E-state index contributed by atoms with van der Waals surface area (Å²) in [6.07, 6.45) is 2.97. The van der Waals surface area contributed by atoms with Gasteiger partial charge in [0.15, 0.2) is 0 Å². The maximum atomic E-state index is 13.1. The summed E-state index contributed by atoms with van der Waals surface area (Å²) in [6.45, 7) is 6.86. The van der Waals surface area contributed by atoms with E-state index in [9.17, 15) is 4.79 Å². The molecule has 7 nitrogen and oxygen atoms in total. The van der Waals surface area contributed by atoms with E-state index in [-0.39, 0.29) is 5.97 Å². The molecule has 0 spiro atoms. The largest absolute Gasteiger partial charge is 0.489 e. The number of fused-ring (bicyclic) bond motifs is 1. The van der Waals surface area contributed by atoms with Crippen molar-refractivity contribution in [3.8, 4) is 5.75 Å². The molecule has 0 fully saturated rings. The first-order chi connectivity index (χ1) is 17.5. The second kappa shape index (κ2) is 12.5. The maximum absolute atomic E-state index is 13.1. The summed E-state index contributed by atoms with van der Waals surface area (Å²) in [6, 6.07) is 15.4. The van der Waals surface area contributed by atoms with Gasteiger partial charge in [-0.15, -0.1) is 5.10 Å². The van der Waals surface area contributed by atoms with Crippen LogP contribution in [0.4, 0.5) is 5.95 Å².